The summed E-state index contributed by atoms with van der Waals surface area (Å²) < 4.78 is 27.4. The molecule has 1 aliphatic rings. The average Bonchev–Trinajstić information content (AvgIpc) is 3.05. The van der Waals surface area contributed by atoms with E-state index in [9.17, 15) is 8.42 Å². The molecule has 0 spiro atoms. The third-order valence-electron chi connectivity index (χ3n) is 4.39. The summed E-state index contributed by atoms with van der Waals surface area (Å²) in [6.07, 6.45) is 0.954. The quantitative estimate of drug-likeness (QED) is 0.774. The van der Waals surface area contributed by atoms with Crippen LogP contribution in [-0.2, 0) is 23.0 Å². The van der Waals surface area contributed by atoms with Gasteiger partial charge in [-0.15, -0.1) is 11.3 Å². The molecule has 3 rings (SSSR count). The summed E-state index contributed by atoms with van der Waals surface area (Å²) in [5, 5.41) is 3.68. The molecule has 0 N–H and O–H groups in total. The van der Waals surface area contributed by atoms with Gasteiger partial charge in [0, 0.05) is 43.1 Å². The Morgan fingerprint density at radius 1 is 1.24 bits per heavy atom. The fourth-order valence-electron chi connectivity index (χ4n) is 2.93. The number of sulfonamides is 1. The van der Waals surface area contributed by atoms with Crippen molar-refractivity contribution in [2.45, 2.75) is 31.7 Å². The Kier molecular flexibility index (Phi) is 5.80. The molecule has 1 aromatic carbocycles. The highest BCUT2D eigenvalue weighted by Crippen LogP contribution is 2.25. The standard InChI is InChI=1S/C17H22ClN3O2S2/c1-3-17-19-15(12-24-17)11-20-6-8-21(9-7-20)25(22,23)16-10-14(18)5-4-13(16)2/h4-5,10,12H,3,6-9,11H2,1-2H3. The predicted molar refractivity (Wildman–Crippen MR) is 102 cm³/mol. The van der Waals surface area contributed by atoms with Gasteiger partial charge in [0.1, 0.15) is 0 Å². The van der Waals surface area contributed by atoms with Gasteiger partial charge in [0.05, 0.1) is 15.6 Å². The van der Waals surface area contributed by atoms with Crippen molar-refractivity contribution in [3.05, 3.63) is 44.9 Å². The molecule has 0 aliphatic carbocycles. The van der Waals surface area contributed by atoms with Crippen molar-refractivity contribution in [2.24, 2.45) is 0 Å². The number of nitrogens with zero attached hydrogens (tertiary/aromatic N) is 3. The molecule has 0 saturated carbocycles. The highest BCUT2D eigenvalue weighted by Gasteiger charge is 2.29. The number of aryl methyl sites for hydroxylation is 2. The van der Waals surface area contributed by atoms with E-state index in [-0.39, 0.29) is 0 Å². The largest absolute Gasteiger partial charge is 0.295 e. The van der Waals surface area contributed by atoms with E-state index in [1.165, 1.54) is 0 Å². The molecule has 0 radical (unpaired) electrons. The van der Waals surface area contributed by atoms with Crippen LogP contribution in [0.3, 0.4) is 0 Å². The van der Waals surface area contributed by atoms with Gasteiger partial charge in [0.25, 0.3) is 0 Å². The molecule has 1 saturated heterocycles. The molecule has 25 heavy (non-hydrogen) atoms. The summed E-state index contributed by atoms with van der Waals surface area (Å²) in [5.41, 5.74) is 1.80. The Bertz CT molecular complexity index is 843. The molecule has 8 heteroatoms. The summed E-state index contributed by atoms with van der Waals surface area (Å²) in [7, 11) is -3.50. The van der Waals surface area contributed by atoms with Crippen molar-refractivity contribution in [3.8, 4) is 0 Å². The normalized spacial score (nSPS) is 17.1. The Hall–Kier alpha value is -0.990. The summed E-state index contributed by atoms with van der Waals surface area (Å²) in [5.74, 6) is 0. The molecule has 0 bridgehead atoms. The number of thiazole rings is 1. The van der Waals surface area contributed by atoms with Crippen LogP contribution in [0, 0.1) is 6.92 Å². The van der Waals surface area contributed by atoms with Crippen LogP contribution in [0.25, 0.3) is 0 Å². The van der Waals surface area contributed by atoms with Crippen molar-refractivity contribution >= 4 is 33.0 Å². The van der Waals surface area contributed by atoms with E-state index in [0.717, 1.165) is 29.2 Å². The first-order valence-corrected chi connectivity index (χ1v) is 11.0. The maximum Gasteiger partial charge on any atom is 0.243 e. The number of halogens is 1. The molecule has 1 fully saturated rings. The van der Waals surface area contributed by atoms with Crippen molar-refractivity contribution in [1.29, 1.82) is 0 Å². The van der Waals surface area contributed by atoms with Crippen molar-refractivity contribution < 1.29 is 8.42 Å². The first-order chi connectivity index (χ1) is 11.9. The Morgan fingerprint density at radius 2 is 1.96 bits per heavy atom. The highest BCUT2D eigenvalue weighted by atomic mass is 35.5. The molecule has 0 atom stereocenters. The lowest BCUT2D eigenvalue weighted by atomic mass is 10.2. The minimum Gasteiger partial charge on any atom is -0.295 e. The van der Waals surface area contributed by atoms with Gasteiger partial charge in [-0.25, -0.2) is 13.4 Å². The van der Waals surface area contributed by atoms with Gasteiger partial charge < -0.3 is 0 Å². The number of hydrogen-bond acceptors (Lipinski definition) is 5. The zero-order valence-corrected chi connectivity index (χ0v) is 16.8. The topological polar surface area (TPSA) is 53.5 Å². The van der Waals surface area contributed by atoms with E-state index in [2.05, 4.69) is 22.2 Å². The molecule has 136 valence electrons. The average molecular weight is 400 g/mol. The van der Waals surface area contributed by atoms with Gasteiger partial charge in [0.15, 0.2) is 0 Å². The molecule has 1 aromatic heterocycles. The summed E-state index contributed by atoms with van der Waals surface area (Å²) in [4.78, 5) is 7.15. The molecular formula is C17H22ClN3O2S2. The number of rotatable bonds is 5. The smallest absolute Gasteiger partial charge is 0.243 e. The minimum atomic E-state index is -3.50. The van der Waals surface area contributed by atoms with Crippen molar-refractivity contribution in [3.63, 3.8) is 0 Å². The molecule has 2 heterocycles. The van der Waals surface area contributed by atoms with Crippen molar-refractivity contribution in [2.75, 3.05) is 26.2 Å². The first kappa shape index (κ1) is 18.8. The van der Waals surface area contributed by atoms with E-state index in [1.54, 1.807) is 40.8 Å². The second kappa shape index (κ2) is 7.72. The second-order valence-electron chi connectivity index (χ2n) is 6.18. The molecular weight excluding hydrogens is 378 g/mol. The van der Waals surface area contributed by atoms with Crippen LogP contribution in [0.15, 0.2) is 28.5 Å². The van der Waals surface area contributed by atoms with Gasteiger partial charge in [-0.05, 0) is 31.0 Å². The van der Waals surface area contributed by atoms with Crippen molar-refractivity contribution in [1.82, 2.24) is 14.2 Å². The zero-order chi connectivity index (χ0) is 18.0. The maximum absolute atomic E-state index is 12.9. The Morgan fingerprint density at radius 3 is 2.60 bits per heavy atom. The lowest BCUT2D eigenvalue weighted by Gasteiger charge is -2.33. The van der Waals surface area contributed by atoms with Crippen LogP contribution in [0.4, 0.5) is 0 Å². The third kappa shape index (κ3) is 4.23. The summed E-state index contributed by atoms with van der Waals surface area (Å²) in [6, 6.07) is 5.01. The van der Waals surface area contributed by atoms with Crippen LogP contribution >= 0.6 is 22.9 Å². The molecule has 5 nitrogen and oxygen atoms in total. The lowest BCUT2D eigenvalue weighted by molar-refractivity contribution is 0.180. The summed E-state index contributed by atoms with van der Waals surface area (Å²) in [6.45, 7) is 7.06. The summed E-state index contributed by atoms with van der Waals surface area (Å²) >= 11 is 7.68. The van der Waals surface area contributed by atoms with Crippen LogP contribution < -0.4 is 0 Å². The van der Waals surface area contributed by atoms with Gasteiger partial charge in [0.2, 0.25) is 10.0 Å². The molecule has 1 aliphatic heterocycles. The number of benzene rings is 1. The highest BCUT2D eigenvalue weighted by molar-refractivity contribution is 7.89. The number of aromatic nitrogens is 1. The van der Waals surface area contributed by atoms with E-state index in [0.29, 0.717) is 36.1 Å². The monoisotopic (exact) mass is 399 g/mol. The molecule has 0 unspecified atom stereocenters. The van der Waals surface area contributed by atoms with Gasteiger partial charge in [-0.2, -0.15) is 4.31 Å². The zero-order valence-electron chi connectivity index (χ0n) is 14.4. The van der Waals surface area contributed by atoms with E-state index >= 15 is 0 Å². The minimum absolute atomic E-state index is 0.306. The Balaban J connectivity index is 1.66. The van der Waals surface area contributed by atoms with Crippen LogP contribution in [0.5, 0.6) is 0 Å². The Labute approximate surface area is 158 Å². The van der Waals surface area contributed by atoms with Crippen LogP contribution in [0.2, 0.25) is 5.02 Å². The number of piperazine rings is 1. The lowest BCUT2D eigenvalue weighted by Crippen LogP contribution is -2.48. The fourth-order valence-corrected chi connectivity index (χ4v) is 5.58. The molecule has 2 aromatic rings. The number of hydrogen-bond donors (Lipinski definition) is 0. The fraction of sp³-hybridized carbons (Fsp3) is 0.471. The van der Waals surface area contributed by atoms with Crippen LogP contribution in [-0.4, -0.2) is 48.8 Å². The molecule has 0 amide bonds. The predicted octanol–water partition coefficient (Wildman–Crippen LogP) is 3.17. The maximum atomic E-state index is 12.9. The third-order valence-corrected chi connectivity index (χ3v) is 7.70. The van der Waals surface area contributed by atoms with Gasteiger partial charge in [-0.1, -0.05) is 24.6 Å². The van der Waals surface area contributed by atoms with Gasteiger partial charge >= 0.3 is 0 Å². The van der Waals surface area contributed by atoms with Gasteiger partial charge in [-0.3, -0.25) is 4.90 Å². The van der Waals surface area contributed by atoms with Crippen LogP contribution in [0.1, 0.15) is 23.2 Å². The second-order valence-corrected chi connectivity index (χ2v) is 9.46. The SMILES string of the molecule is CCc1nc(CN2CCN(S(=O)(=O)c3cc(Cl)ccc3C)CC2)cs1. The first-order valence-electron chi connectivity index (χ1n) is 8.32. The van der Waals surface area contributed by atoms with E-state index in [4.69, 9.17) is 11.6 Å². The van der Waals surface area contributed by atoms with E-state index < -0.39 is 10.0 Å². The van der Waals surface area contributed by atoms with E-state index in [1.807, 2.05) is 0 Å².